The Morgan fingerprint density at radius 3 is 2.43 bits per heavy atom. The number of anilines is 1. The predicted molar refractivity (Wildman–Crippen MR) is 91.7 cm³/mol. The first-order chi connectivity index (χ1) is 11.0. The maximum absolute atomic E-state index is 13.6. The van der Waals surface area contributed by atoms with Crippen LogP contribution in [0.25, 0.3) is 0 Å². The van der Waals surface area contributed by atoms with Crippen molar-refractivity contribution in [2.45, 2.75) is 19.4 Å². The van der Waals surface area contributed by atoms with Crippen LogP contribution in [0.2, 0.25) is 0 Å². The molecule has 0 spiro atoms. The molecule has 0 saturated carbocycles. The van der Waals surface area contributed by atoms with E-state index in [-0.39, 0.29) is 16.8 Å². The van der Waals surface area contributed by atoms with Gasteiger partial charge in [0.1, 0.15) is 17.4 Å². The van der Waals surface area contributed by atoms with Gasteiger partial charge in [-0.3, -0.25) is 0 Å². The van der Waals surface area contributed by atoms with E-state index in [1.54, 1.807) is 7.11 Å². The van der Waals surface area contributed by atoms with Crippen LogP contribution in [0.3, 0.4) is 0 Å². The van der Waals surface area contributed by atoms with E-state index >= 15 is 0 Å². The first-order valence-corrected chi connectivity index (χ1v) is 7.60. The molecule has 0 bridgehead atoms. The van der Waals surface area contributed by atoms with Crippen molar-refractivity contribution in [1.29, 1.82) is 0 Å². The second-order valence-electron chi connectivity index (χ2n) is 4.96. The molecule has 0 aromatic heterocycles. The van der Waals surface area contributed by atoms with Crippen molar-refractivity contribution in [1.82, 2.24) is 5.32 Å². The Morgan fingerprint density at radius 2 is 1.87 bits per heavy atom. The first kappa shape index (κ1) is 17.1. The normalized spacial score (nSPS) is 11.7. The zero-order valence-corrected chi connectivity index (χ0v) is 13.7. The van der Waals surface area contributed by atoms with E-state index < -0.39 is 11.6 Å². The summed E-state index contributed by atoms with van der Waals surface area (Å²) in [4.78, 5) is 0. The molecule has 2 aromatic carbocycles. The third-order valence-electron chi connectivity index (χ3n) is 3.41. The number of hydrogen-bond donors (Lipinski definition) is 2. The largest absolute Gasteiger partial charge is 0.497 e. The number of thiocarbonyl (C=S) groups is 1. The van der Waals surface area contributed by atoms with E-state index in [0.29, 0.717) is 0 Å². The Kier molecular flexibility index (Phi) is 5.87. The molecular formula is C17H18F2N2OS. The Bertz CT molecular complexity index is 677. The highest BCUT2D eigenvalue weighted by Gasteiger charge is 2.12. The molecule has 0 unspecified atom stereocenters. The van der Waals surface area contributed by atoms with E-state index in [1.165, 1.54) is 12.1 Å². The summed E-state index contributed by atoms with van der Waals surface area (Å²) >= 11 is 5.21. The van der Waals surface area contributed by atoms with Gasteiger partial charge in [0.25, 0.3) is 0 Å². The van der Waals surface area contributed by atoms with E-state index in [2.05, 4.69) is 10.6 Å². The highest BCUT2D eigenvalue weighted by molar-refractivity contribution is 7.80. The molecule has 2 N–H and O–H groups in total. The molecule has 2 rings (SSSR count). The van der Waals surface area contributed by atoms with E-state index in [9.17, 15) is 8.78 Å². The third-order valence-corrected chi connectivity index (χ3v) is 3.63. The molecule has 0 saturated heterocycles. The van der Waals surface area contributed by atoms with E-state index in [0.717, 1.165) is 23.8 Å². The number of benzene rings is 2. The maximum atomic E-state index is 13.6. The Balaban J connectivity index is 2.04. The predicted octanol–water partition coefficient (Wildman–Crippen LogP) is 4.41. The second-order valence-corrected chi connectivity index (χ2v) is 5.36. The molecule has 0 aliphatic heterocycles. The van der Waals surface area contributed by atoms with Crippen LogP contribution < -0.4 is 15.4 Å². The van der Waals surface area contributed by atoms with Crippen LogP contribution in [0.5, 0.6) is 5.75 Å². The number of hydrogen-bond acceptors (Lipinski definition) is 2. The average molecular weight is 336 g/mol. The third kappa shape index (κ3) is 4.63. The summed E-state index contributed by atoms with van der Waals surface area (Å²) in [5.74, 6) is -0.541. The summed E-state index contributed by atoms with van der Waals surface area (Å²) < 4.78 is 31.7. The monoisotopic (exact) mass is 336 g/mol. The minimum atomic E-state index is -0.688. The number of halogens is 2. The number of ether oxygens (including phenoxy) is 1. The Labute approximate surface area is 139 Å². The van der Waals surface area contributed by atoms with Crippen molar-refractivity contribution >= 4 is 23.0 Å². The fourth-order valence-corrected chi connectivity index (χ4v) is 2.42. The maximum Gasteiger partial charge on any atom is 0.171 e. The van der Waals surface area contributed by atoms with Crippen LogP contribution in [0, 0.1) is 11.6 Å². The van der Waals surface area contributed by atoms with Gasteiger partial charge in [0.2, 0.25) is 0 Å². The van der Waals surface area contributed by atoms with Crippen molar-refractivity contribution in [3.05, 3.63) is 59.7 Å². The van der Waals surface area contributed by atoms with Gasteiger partial charge in [0.05, 0.1) is 18.8 Å². The summed E-state index contributed by atoms with van der Waals surface area (Å²) in [6.45, 7) is 2.02. The van der Waals surface area contributed by atoms with Crippen LogP contribution >= 0.6 is 12.2 Å². The lowest BCUT2D eigenvalue weighted by Crippen LogP contribution is -2.32. The second kappa shape index (κ2) is 7.87. The van der Waals surface area contributed by atoms with Crippen LogP contribution in [-0.2, 0) is 0 Å². The number of methoxy groups -OCH3 is 1. The first-order valence-electron chi connectivity index (χ1n) is 7.20. The molecule has 0 fully saturated rings. The zero-order valence-electron chi connectivity index (χ0n) is 12.9. The molecule has 0 heterocycles. The van der Waals surface area contributed by atoms with Gasteiger partial charge in [0.15, 0.2) is 5.11 Å². The summed E-state index contributed by atoms with van der Waals surface area (Å²) in [5.41, 5.74) is 1.17. The van der Waals surface area contributed by atoms with Gasteiger partial charge in [-0.15, -0.1) is 0 Å². The van der Waals surface area contributed by atoms with Crippen LogP contribution in [0.4, 0.5) is 14.5 Å². The molecule has 1 atom stereocenters. The lowest BCUT2D eigenvalue weighted by molar-refractivity contribution is 0.414. The van der Waals surface area contributed by atoms with Gasteiger partial charge < -0.3 is 15.4 Å². The Hall–Kier alpha value is -2.21. The highest BCUT2D eigenvalue weighted by atomic mass is 32.1. The molecule has 3 nitrogen and oxygen atoms in total. The van der Waals surface area contributed by atoms with E-state index in [1.807, 2.05) is 31.2 Å². The lowest BCUT2D eigenvalue weighted by Gasteiger charge is -2.20. The van der Waals surface area contributed by atoms with Crippen molar-refractivity contribution in [3.63, 3.8) is 0 Å². The molecule has 23 heavy (non-hydrogen) atoms. The van der Waals surface area contributed by atoms with Gasteiger partial charge in [-0.1, -0.05) is 19.1 Å². The molecule has 122 valence electrons. The molecule has 0 amide bonds. The summed E-state index contributed by atoms with van der Waals surface area (Å²) in [7, 11) is 1.61. The van der Waals surface area contributed by atoms with Crippen molar-refractivity contribution < 1.29 is 13.5 Å². The van der Waals surface area contributed by atoms with Crippen molar-refractivity contribution in [2.24, 2.45) is 0 Å². The minimum absolute atomic E-state index is 0.0237. The van der Waals surface area contributed by atoms with E-state index in [4.69, 9.17) is 17.0 Å². The molecular weight excluding hydrogens is 318 g/mol. The summed E-state index contributed by atoms with van der Waals surface area (Å²) in [5, 5.41) is 6.15. The molecule has 6 heteroatoms. The smallest absolute Gasteiger partial charge is 0.171 e. The number of rotatable bonds is 5. The highest BCUT2D eigenvalue weighted by Crippen LogP contribution is 2.21. The summed E-state index contributed by atoms with van der Waals surface area (Å²) in [6, 6.07) is 10.9. The minimum Gasteiger partial charge on any atom is -0.497 e. The zero-order chi connectivity index (χ0) is 16.8. The fraction of sp³-hybridized carbons (Fsp3) is 0.235. The standard InChI is InChI=1S/C17H18F2N2OS/c1-3-15(11-4-7-13(22-2)8-5-11)20-17(23)21-16-9-6-12(18)10-14(16)19/h4-10,15H,3H2,1-2H3,(H2,20,21,23)/t15-/m0/s1. The average Bonchev–Trinajstić information content (AvgIpc) is 2.55. The van der Waals surface area contributed by atoms with Crippen LogP contribution in [-0.4, -0.2) is 12.2 Å². The van der Waals surface area contributed by atoms with Crippen LogP contribution in [0.15, 0.2) is 42.5 Å². The lowest BCUT2D eigenvalue weighted by atomic mass is 10.0. The SMILES string of the molecule is CC[C@H](NC(=S)Nc1ccc(F)cc1F)c1ccc(OC)cc1. The van der Waals surface area contributed by atoms with Gasteiger partial charge in [-0.05, 0) is 48.5 Å². The topological polar surface area (TPSA) is 33.3 Å². The molecule has 0 aliphatic rings. The van der Waals surface area contributed by atoms with Crippen molar-refractivity contribution in [3.8, 4) is 5.75 Å². The molecule has 0 aliphatic carbocycles. The quantitative estimate of drug-likeness (QED) is 0.793. The van der Waals surface area contributed by atoms with Gasteiger partial charge in [-0.2, -0.15) is 0 Å². The van der Waals surface area contributed by atoms with Crippen LogP contribution in [0.1, 0.15) is 24.9 Å². The molecule has 2 aromatic rings. The van der Waals surface area contributed by atoms with Crippen molar-refractivity contribution in [2.75, 3.05) is 12.4 Å². The van der Waals surface area contributed by atoms with Gasteiger partial charge in [-0.25, -0.2) is 8.78 Å². The number of nitrogens with one attached hydrogen (secondary N) is 2. The van der Waals surface area contributed by atoms with Gasteiger partial charge in [0, 0.05) is 6.07 Å². The molecule has 0 radical (unpaired) electrons. The Morgan fingerprint density at radius 1 is 1.17 bits per heavy atom. The summed E-state index contributed by atoms with van der Waals surface area (Å²) in [6.07, 6.45) is 0.792. The van der Waals surface area contributed by atoms with Gasteiger partial charge >= 0.3 is 0 Å². The fourth-order valence-electron chi connectivity index (χ4n) is 2.16.